The van der Waals surface area contributed by atoms with Crippen molar-refractivity contribution in [3.8, 4) is 0 Å². The van der Waals surface area contributed by atoms with E-state index >= 15 is 0 Å². The lowest BCUT2D eigenvalue weighted by Gasteiger charge is -2.15. The summed E-state index contributed by atoms with van der Waals surface area (Å²) in [5, 5.41) is 4.86. The van der Waals surface area contributed by atoms with Crippen LogP contribution in [-0.2, 0) is 11.5 Å². The molecule has 0 aliphatic carbocycles. The largest absolute Gasteiger partial charge is 0.359 e. The van der Waals surface area contributed by atoms with Crippen molar-refractivity contribution in [3.05, 3.63) is 22.4 Å². The minimum absolute atomic E-state index is 0.222. The van der Waals surface area contributed by atoms with Gasteiger partial charge in [0.05, 0.1) is 11.6 Å². The molecule has 0 unspecified atom stereocenters. The molecule has 0 N–H and O–H groups in total. The molecule has 0 aliphatic heterocycles. The van der Waals surface area contributed by atoms with Gasteiger partial charge in [0.1, 0.15) is 12.4 Å². The Kier molecular flexibility index (Phi) is 5.10. The Hall–Kier alpha value is -0.863. The highest BCUT2D eigenvalue weighted by molar-refractivity contribution is 9.10. The second-order valence-electron chi connectivity index (χ2n) is 6.06. The van der Waals surface area contributed by atoms with E-state index in [0.717, 1.165) is 6.04 Å². The van der Waals surface area contributed by atoms with Crippen LogP contribution in [-0.4, -0.2) is 29.4 Å². The first-order valence-corrected chi connectivity index (χ1v) is 11.2. The predicted octanol–water partition coefficient (Wildman–Crippen LogP) is 4.44. The third-order valence-electron chi connectivity index (χ3n) is 3.01. The lowest BCUT2D eigenvalue weighted by atomic mass is 10.3. The van der Waals surface area contributed by atoms with Gasteiger partial charge in [-0.15, -0.1) is 0 Å². The Morgan fingerprint density at radius 1 is 1.38 bits per heavy atom. The zero-order valence-corrected chi connectivity index (χ0v) is 14.8. The van der Waals surface area contributed by atoms with E-state index in [0.29, 0.717) is 22.1 Å². The first kappa shape index (κ1) is 16.5. The lowest BCUT2D eigenvalue weighted by molar-refractivity contribution is 0.0811. The molecule has 4 nitrogen and oxygen atoms in total. The number of nitrogens with zero attached hydrogens (tertiary/aromatic N) is 3. The zero-order valence-electron chi connectivity index (χ0n) is 12.2. The topological polar surface area (TPSA) is 39.9 Å². The molecule has 0 fully saturated rings. The number of halogens is 3. The molecule has 0 aromatic carbocycles. The molecule has 0 radical (unpaired) electrons. The van der Waals surface area contributed by atoms with Crippen molar-refractivity contribution in [2.75, 3.05) is 6.61 Å². The number of hydrogen-bond acceptors (Lipinski definition) is 3. The highest BCUT2D eigenvalue weighted by atomic mass is 79.9. The Balaban J connectivity index is 2.13. The fourth-order valence-corrected chi connectivity index (χ4v) is 3.03. The minimum atomic E-state index is -2.61. The average Bonchev–Trinajstić information content (AvgIpc) is 2.77. The van der Waals surface area contributed by atoms with Crippen LogP contribution in [0.15, 0.2) is 16.7 Å². The highest BCUT2D eigenvalue weighted by Crippen LogP contribution is 2.27. The van der Waals surface area contributed by atoms with Crippen LogP contribution in [0.5, 0.6) is 0 Å². The van der Waals surface area contributed by atoms with E-state index in [-0.39, 0.29) is 12.4 Å². The van der Waals surface area contributed by atoms with Crippen LogP contribution in [0.25, 0.3) is 11.0 Å². The molecule has 0 spiro atoms. The van der Waals surface area contributed by atoms with Crippen molar-refractivity contribution in [1.29, 1.82) is 0 Å². The quantitative estimate of drug-likeness (QED) is 0.551. The monoisotopic (exact) mass is 377 g/mol. The van der Waals surface area contributed by atoms with Gasteiger partial charge in [-0.25, -0.2) is 18.4 Å². The molecule has 2 aromatic rings. The number of rotatable bonds is 6. The predicted molar refractivity (Wildman–Crippen MR) is 84.3 cm³/mol. The summed E-state index contributed by atoms with van der Waals surface area (Å²) in [6.07, 6.45) is -1.01. The van der Waals surface area contributed by atoms with E-state index in [1.54, 1.807) is 6.20 Å². The third kappa shape index (κ3) is 4.30. The standard InChI is InChI=1S/C13H18BrF2N3OSi/c1-21(2,3)5-4-20-8-19-13-9(7-17-19)10(14)6-11(18-13)12(15)16/h6-7,12H,4-5,8H2,1-3H3. The molecule has 21 heavy (non-hydrogen) atoms. The maximum Gasteiger partial charge on any atom is 0.280 e. The number of alkyl halides is 2. The number of aromatic nitrogens is 3. The minimum Gasteiger partial charge on any atom is -0.359 e. The molecule has 116 valence electrons. The molecular formula is C13H18BrF2N3OSi. The van der Waals surface area contributed by atoms with E-state index < -0.39 is 14.5 Å². The zero-order chi connectivity index (χ0) is 15.6. The van der Waals surface area contributed by atoms with Crippen LogP contribution in [0.1, 0.15) is 12.1 Å². The van der Waals surface area contributed by atoms with Crippen LogP contribution in [0.2, 0.25) is 25.7 Å². The van der Waals surface area contributed by atoms with E-state index in [9.17, 15) is 8.78 Å². The van der Waals surface area contributed by atoms with Gasteiger partial charge >= 0.3 is 0 Å². The number of ether oxygens (including phenoxy) is 1. The van der Waals surface area contributed by atoms with Crippen LogP contribution in [0, 0.1) is 0 Å². The first-order valence-electron chi connectivity index (χ1n) is 6.66. The molecule has 0 amide bonds. The maximum absolute atomic E-state index is 12.8. The van der Waals surface area contributed by atoms with Crippen molar-refractivity contribution < 1.29 is 13.5 Å². The van der Waals surface area contributed by atoms with Gasteiger partial charge in [0, 0.05) is 19.2 Å². The highest BCUT2D eigenvalue weighted by Gasteiger charge is 2.16. The fourth-order valence-electron chi connectivity index (χ4n) is 1.76. The van der Waals surface area contributed by atoms with Crippen molar-refractivity contribution in [1.82, 2.24) is 14.8 Å². The van der Waals surface area contributed by atoms with Gasteiger partial charge in [-0.05, 0) is 28.0 Å². The second-order valence-corrected chi connectivity index (χ2v) is 12.5. The molecule has 0 bridgehead atoms. The molecule has 0 aliphatic rings. The SMILES string of the molecule is C[Si](C)(C)CCOCn1ncc2c(Br)cc(C(F)F)nc21. The Morgan fingerprint density at radius 3 is 2.71 bits per heavy atom. The van der Waals surface area contributed by atoms with Gasteiger partial charge in [-0.1, -0.05) is 19.6 Å². The van der Waals surface area contributed by atoms with Gasteiger partial charge in [-0.2, -0.15) is 5.10 Å². The van der Waals surface area contributed by atoms with Gasteiger partial charge < -0.3 is 4.74 Å². The summed E-state index contributed by atoms with van der Waals surface area (Å²) in [7, 11) is -1.14. The summed E-state index contributed by atoms with van der Waals surface area (Å²) < 4.78 is 33.3. The fraction of sp³-hybridized carbons (Fsp3) is 0.538. The second kappa shape index (κ2) is 6.49. The molecule has 2 aromatic heterocycles. The van der Waals surface area contributed by atoms with Crippen molar-refractivity contribution in [2.45, 2.75) is 38.8 Å². The number of hydrogen-bond donors (Lipinski definition) is 0. The molecule has 2 heterocycles. The Bertz CT molecular complexity index is 628. The summed E-state index contributed by atoms with van der Waals surface area (Å²) in [4.78, 5) is 3.97. The number of pyridine rings is 1. The third-order valence-corrected chi connectivity index (χ3v) is 5.37. The van der Waals surface area contributed by atoms with E-state index in [2.05, 4.69) is 45.7 Å². The molecule has 0 saturated carbocycles. The molecular weight excluding hydrogens is 360 g/mol. The van der Waals surface area contributed by atoms with Gasteiger partial charge in [-0.3, -0.25) is 0 Å². The maximum atomic E-state index is 12.8. The van der Waals surface area contributed by atoms with Crippen LogP contribution < -0.4 is 0 Å². The smallest absolute Gasteiger partial charge is 0.280 e. The summed E-state index contributed by atoms with van der Waals surface area (Å²) in [5.41, 5.74) is 0.144. The van der Waals surface area contributed by atoms with Crippen LogP contribution in [0.4, 0.5) is 8.78 Å². The normalized spacial score (nSPS) is 12.5. The van der Waals surface area contributed by atoms with Crippen molar-refractivity contribution in [2.24, 2.45) is 0 Å². The van der Waals surface area contributed by atoms with E-state index in [4.69, 9.17) is 4.74 Å². The Morgan fingerprint density at radius 2 is 2.10 bits per heavy atom. The Labute approximate surface area is 131 Å². The average molecular weight is 378 g/mol. The molecule has 0 atom stereocenters. The van der Waals surface area contributed by atoms with Crippen LogP contribution >= 0.6 is 15.9 Å². The van der Waals surface area contributed by atoms with Gasteiger partial charge in [0.15, 0.2) is 5.65 Å². The van der Waals surface area contributed by atoms with Gasteiger partial charge in [0.25, 0.3) is 6.43 Å². The summed E-state index contributed by atoms with van der Waals surface area (Å²) in [5.74, 6) is 0. The molecule has 2 rings (SSSR count). The van der Waals surface area contributed by atoms with Crippen molar-refractivity contribution in [3.63, 3.8) is 0 Å². The number of fused-ring (bicyclic) bond motifs is 1. The first-order chi connectivity index (χ1) is 9.78. The lowest BCUT2D eigenvalue weighted by Crippen LogP contribution is -2.22. The van der Waals surface area contributed by atoms with Crippen molar-refractivity contribution >= 4 is 35.0 Å². The van der Waals surface area contributed by atoms with E-state index in [1.165, 1.54) is 10.7 Å². The van der Waals surface area contributed by atoms with Gasteiger partial charge in [0.2, 0.25) is 0 Å². The molecule has 0 saturated heterocycles. The summed E-state index contributed by atoms with van der Waals surface area (Å²) in [6.45, 7) is 7.68. The molecule has 8 heteroatoms. The van der Waals surface area contributed by atoms with Crippen LogP contribution in [0.3, 0.4) is 0 Å². The summed E-state index contributed by atoms with van der Waals surface area (Å²) in [6, 6.07) is 2.37. The van der Waals surface area contributed by atoms with E-state index in [1.807, 2.05) is 0 Å². The summed E-state index contributed by atoms with van der Waals surface area (Å²) >= 11 is 3.28.